The minimum Gasteiger partial charge on any atom is -0.338 e. The Hall–Kier alpha value is -1.63. The van der Waals surface area contributed by atoms with Crippen LogP contribution in [0.3, 0.4) is 0 Å². The largest absolute Gasteiger partial charge is 0.338 e. The predicted molar refractivity (Wildman–Crippen MR) is 91.4 cm³/mol. The molecule has 7 heteroatoms. The third-order valence-electron chi connectivity index (χ3n) is 4.15. The van der Waals surface area contributed by atoms with Gasteiger partial charge in [-0.25, -0.2) is 9.78 Å². The number of hydrogen-bond donors (Lipinski definition) is 2. The van der Waals surface area contributed by atoms with Crippen molar-refractivity contribution >= 4 is 23.3 Å². The summed E-state index contributed by atoms with van der Waals surface area (Å²) in [5.41, 5.74) is 0. The maximum atomic E-state index is 12.4. The number of piperidine rings is 1. The average Bonchev–Trinajstić information content (AvgIpc) is 3.01. The second-order valence-corrected chi connectivity index (χ2v) is 7.20. The van der Waals surface area contributed by atoms with Crippen molar-refractivity contribution in [2.24, 2.45) is 0 Å². The minimum absolute atomic E-state index is 0.00475. The van der Waals surface area contributed by atoms with Gasteiger partial charge in [0.15, 0.2) is 0 Å². The first-order valence-corrected chi connectivity index (χ1v) is 9.11. The van der Waals surface area contributed by atoms with Crippen LogP contribution in [0.15, 0.2) is 6.20 Å². The van der Waals surface area contributed by atoms with Gasteiger partial charge in [0.05, 0.1) is 6.54 Å². The highest BCUT2D eigenvalue weighted by Crippen LogP contribution is 2.17. The minimum atomic E-state index is -0.516. The van der Waals surface area contributed by atoms with Gasteiger partial charge in [0, 0.05) is 23.7 Å². The Labute approximate surface area is 141 Å². The summed E-state index contributed by atoms with van der Waals surface area (Å²) < 4.78 is 0. The highest BCUT2D eigenvalue weighted by molar-refractivity contribution is 7.11. The SMILES string of the molecule is CCc1cnc(CNC(=O)N[C@H](C)C(=O)N2CCCC[C@H]2C)s1. The third-order valence-corrected chi connectivity index (χ3v) is 5.30. The lowest BCUT2D eigenvalue weighted by Crippen LogP contribution is -2.53. The Bertz CT molecular complexity index is 546. The van der Waals surface area contributed by atoms with Crippen LogP contribution >= 0.6 is 11.3 Å². The molecule has 1 fully saturated rings. The summed E-state index contributed by atoms with van der Waals surface area (Å²) in [5, 5.41) is 6.36. The molecule has 0 aliphatic carbocycles. The highest BCUT2D eigenvalue weighted by Gasteiger charge is 2.27. The smallest absolute Gasteiger partial charge is 0.315 e. The van der Waals surface area contributed by atoms with Gasteiger partial charge in [0.2, 0.25) is 5.91 Å². The van der Waals surface area contributed by atoms with Crippen LogP contribution in [0.4, 0.5) is 4.79 Å². The summed E-state index contributed by atoms with van der Waals surface area (Å²) >= 11 is 1.59. The average molecular weight is 338 g/mol. The van der Waals surface area contributed by atoms with Crippen molar-refractivity contribution < 1.29 is 9.59 Å². The van der Waals surface area contributed by atoms with E-state index in [0.29, 0.717) is 6.54 Å². The van der Waals surface area contributed by atoms with Crippen molar-refractivity contribution in [3.63, 3.8) is 0 Å². The van der Waals surface area contributed by atoms with E-state index in [1.807, 2.05) is 11.1 Å². The van der Waals surface area contributed by atoms with Gasteiger partial charge < -0.3 is 15.5 Å². The molecule has 2 rings (SSSR count). The number of aromatic nitrogens is 1. The second kappa shape index (κ2) is 8.29. The number of aryl methyl sites for hydroxylation is 1. The van der Waals surface area contributed by atoms with Crippen molar-refractivity contribution in [1.29, 1.82) is 0 Å². The lowest BCUT2D eigenvalue weighted by molar-refractivity contribution is -0.136. The Kier molecular flexibility index (Phi) is 6.38. The van der Waals surface area contributed by atoms with Crippen molar-refractivity contribution in [3.8, 4) is 0 Å². The van der Waals surface area contributed by atoms with Crippen LogP contribution in [-0.2, 0) is 17.8 Å². The monoisotopic (exact) mass is 338 g/mol. The van der Waals surface area contributed by atoms with Crippen LogP contribution in [0.25, 0.3) is 0 Å². The number of thiazole rings is 1. The van der Waals surface area contributed by atoms with Crippen molar-refractivity contribution in [1.82, 2.24) is 20.5 Å². The van der Waals surface area contributed by atoms with Crippen molar-refractivity contribution in [2.75, 3.05) is 6.54 Å². The highest BCUT2D eigenvalue weighted by atomic mass is 32.1. The van der Waals surface area contributed by atoms with Gasteiger partial charge in [-0.2, -0.15) is 0 Å². The molecule has 3 amide bonds. The second-order valence-electron chi connectivity index (χ2n) is 6.00. The van der Waals surface area contributed by atoms with E-state index >= 15 is 0 Å². The summed E-state index contributed by atoms with van der Waals surface area (Å²) in [5.74, 6) is -0.00475. The van der Waals surface area contributed by atoms with Gasteiger partial charge in [-0.1, -0.05) is 6.92 Å². The summed E-state index contributed by atoms with van der Waals surface area (Å²) in [6, 6.07) is -0.590. The lowest BCUT2D eigenvalue weighted by atomic mass is 10.0. The van der Waals surface area contributed by atoms with Crippen LogP contribution in [0.1, 0.15) is 49.9 Å². The molecule has 2 heterocycles. The number of likely N-dealkylation sites (tertiary alicyclic amines) is 1. The van der Waals surface area contributed by atoms with E-state index < -0.39 is 6.04 Å². The van der Waals surface area contributed by atoms with Gasteiger partial charge in [0.25, 0.3) is 0 Å². The number of nitrogens with zero attached hydrogens (tertiary/aromatic N) is 2. The molecule has 6 nitrogen and oxygen atoms in total. The van der Waals surface area contributed by atoms with Crippen LogP contribution in [-0.4, -0.2) is 40.5 Å². The maximum absolute atomic E-state index is 12.4. The van der Waals surface area contributed by atoms with Crippen LogP contribution in [0, 0.1) is 0 Å². The Morgan fingerprint density at radius 2 is 2.26 bits per heavy atom. The Balaban J connectivity index is 1.78. The van der Waals surface area contributed by atoms with Crippen LogP contribution in [0.2, 0.25) is 0 Å². The number of carbonyl (C=O) groups is 2. The van der Waals surface area contributed by atoms with E-state index in [4.69, 9.17) is 0 Å². The number of amides is 3. The molecule has 1 aromatic rings. The molecule has 128 valence electrons. The van der Waals surface area contributed by atoms with Gasteiger partial charge in [-0.3, -0.25) is 4.79 Å². The Morgan fingerprint density at radius 3 is 2.91 bits per heavy atom. The van der Waals surface area contributed by atoms with Gasteiger partial charge in [0.1, 0.15) is 11.0 Å². The summed E-state index contributed by atoms with van der Waals surface area (Å²) in [7, 11) is 0. The third kappa shape index (κ3) is 4.92. The zero-order valence-electron chi connectivity index (χ0n) is 14.1. The Morgan fingerprint density at radius 1 is 1.48 bits per heavy atom. The summed E-state index contributed by atoms with van der Waals surface area (Å²) in [6.07, 6.45) is 6.03. The molecule has 23 heavy (non-hydrogen) atoms. The summed E-state index contributed by atoms with van der Waals surface area (Å²) in [6.45, 7) is 7.05. The molecule has 1 saturated heterocycles. The van der Waals surface area contributed by atoms with E-state index in [1.54, 1.807) is 18.3 Å². The lowest BCUT2D eigenvalue weighted by Gasteiger charge is -2.35. The van der Waals surface area contributed by atoms with Crippen molar-refractivity contribution in [2.45, 2.75) is 65.1 Å². The normalized spacial score (nSPS) is 19.3. The van der Waals surface area contributed by atoms with Crippen molar-refractivity contribution in [3.05, 3.63) is 16.1 Å². The zero-order chi connectivity index (χ0) is 16.8. The number of carbonyl (C=O) groups excluding carboxylic acids is 2. The zero-order valence-corrected chi connectivity index (χ0v) is 14.9. The molecular weight excluding hydrogens is 312 g/mol. The predicted octanol–water partition coefficient (Wildman–Crippen LogP) is 2.29. The van der Waals surface area contributed by atoms with Gasteiger partial charge in [-0.05, 0) is 39.5 Å². The van der Waals surface area contributed by atoms with E-state index in [9.17, 15) is 9.59 Å². The molecule has 0 spiro atoms. The first-order valence-electron chi connectivity index (χ1n) is 8.29. The molecule has 0 unspecified atom stereocenters. The molecule has 0 radical (unpaired) electrons. The van der Waals surface area contributed by atoms with Gasteiger partial charge >= 0.3 is 6.03 Å². The summed E-state index contributed by atoms with van der Waals surface area (Å²) in [4.78, 5) is 31.7. The molecule has 1 aromatic heterocycles. The number of hydrogen-bond acceptors (Lipinski definition) is 4. The molecule has 2 N–H and O–H groups in total. The first-order chi connectivity index (χ1) is 11.0. The molecule has 1 aliphatic heterocycles. The van der Waals surface area contributed by atoms with Crippen LogP contribution in [0.5, 0.6) is 0 Å². The topological polar surface area (TPSA) is 74.3 Å². The number of rotatable bonds is 5. The fraction of sp³-hybridized carbons (Fsp3) is 0.688. The molecule has 0 saturated carbocycles. The fourth-order valence-electron chi connectivity index (χ4n) is 2.73. The standard InChI is InChI=1S/C16H26N4O2S/c1-4-13-9-17-14(23-13)10-18-16(22)19-12(3)15(21)20-8-6-5-7-11(20)2/h9,11-12H,4-8,10H2,1-3H3,(H2,18,19,22)/t11-,12-/m1/s1. The number of nitrogens with one attached hydrogen (secondary N) is 2. The quantitative estimate of drug-likeness (QED) is 0.865. The van der Waals surface area contributed by atoms with E-state index in [2.05, 4.69) is 29.5 Å². The molecule has 2 atom stereocenters. The van der Waals surface area contributed by atoms with E-state index in [-0.39, 0.29) is 18.0 Å². The maximum Gasteiger partial charge on any atom is 0.315 e. The van der Waals surface area contributed by atoms with Gasteiger partial charge in [-0.15, -0.1) is 11.3 Å². The number of urea groups is 1. The molecular formula is C16H26N4O2S. The first kappa shape index (κ1) is 17.7. The van der Waals surface area contributed by atoms with E-state index in [1.165, 1.54) is 11.3 Å². The molecule has 0 aromatic carbocycles. The molecule has 1 aliphatic rings. The fourth-order valence-corrected chi connectivity index (χ4v) is 3.53. The molecule has 0 bridgehead atoms. The van der Waals surface area contributed by atoms with E-state index in [0.717, 1.165) is 30.8 Å². The van der Waals surface area contributed by atoms with Crippen LogP contribution < -0.4 is 10.6 Å².